The van der Waals surface area contributed by atoms with Crippen molar-refractivity contribution in [1.29, 1.82) is 0 Å². The molecule has 0 saturated carbocycles. The van der Waals surface area contributed by atoms with Gasteiger partial charge in [-0.05, 0) is 15.9 Å². The first-order valence-electron chi connectivity index (χ1n) is 4.03. The van der Waals surface area contributed by atoms with Crippen LogP contribution < -0.4 is 5.32 Å². The highest BCUT2D eigenvalue weighted by atomic mass is 79.9. The van der Waals surface area contributed by atoms with E-state index in [1.807, 2.05) is 0 Å². The third-order valence-corrected chi connectivity index (χ3v) is 2.70. The largest absolute Gasteiger partial charge is 0.435 e. The van der Waals surface area contributed by atoms with Crippen LogP contribution in [0.4, 0.5) is 13.2 Å². The fourth-order valence-electron chi connectivity index (χ4n) is 1.49. The Kier molecular flexibility index (Phi) is 2.30. The summed E-state index contributed by atoms with van der Waals surface area (Å²) in [6.07, 6.45) is -4.37. The van der Waals surface area contributed by atoms with Gasteiger partial charge in [0.1, 0.15) is 0 Å². The fourth-order valence-corrected chi connectivity index (χ4v) is 2.06. The van der Waals surface area contributed by atoms with Gasteiger partial charge >= 0.3 is 6.18 Å². The molecule has 3 nitrogen and oxygen atoms in total. The lowest BCUT2D eigenvalue weighted by Gasteiger charge is -2.17. The van der Waals surface area contributed by atoms with Crippen LogP contribution in [-0.2, 0) is 19.3 Å². The van der Waals surface area contributed by atoms with Crippen LogP contribution in [0.2, 0.25) is 0 Å². The number of imidazole rings is 1. The van der Waals surface area contributed by atoms with E-state index in [0.717, 1.165) is 0 Å². The summed E-state index contributed by atoms with van der Waals surface area (Å²) in [5, 5.41) is 2.89. The molecule has 0 fully saturated rings. The van der Waals surface area contributed by atoms with Crippen molar-refractivity contribution in [3.8, 4) is 0 Å². The second kappa shape index (κ2) is 3.23. The van der Waals surface area contributed by atoms with E-state index >= 15 is 0 Å². The predicted octanol–water partition coefficient (Wildman–Crippen LogP) is 1.77. The highest BCUT2D eigenvalue weighted by Crippen LogP contribution is 2.33. The van der Waals surface area contributed by atoms with Crippen molar-refractivity contribution in [2.24, 2.45) is 0 Å². The molecular weight excluding hydrogens is 263 g/mol. The zero-order chi connectivity index (χ0) is 10.3. The number of alkyl halides is 3. The summed E-state index contributed by atoms with van der Waals surface area (Å²) >= 11 is 3.02. The smallest absolute Gasteiger partial charge is 0.320 e. The lowest BCUT2D eigenvalue weighted by Crippen LogP contribution is -2.29. The van der Waals surface area contributed by atoms with Crippen LogP contribution >= 0.6 is 15.9 Å². The third-order valence-electron chi connectivity index (χ3n) is 2.10. The Hall–Kier alpha value is -0.560. The fraction of sp³-hybridized carbons (Fsp3) is 0.571. The molecule has 78 valence electrons. The van der Waals surface area contributed by atoms with Gasteiger partial charge in [-0.3, -0.25) is 0 Å². The lowest BCUT2D eigenvalue weighted by molar-refractivity contribution is -0.141. The number of hydrogen-bond donors (Lipinski definition) is 1. The van der Waals surface area contributed by atoms with E-state index in [0.29, 0.717) is 13.1 Å². The highest BCUT2D eigenvalue weighted by Gasteiger charge is 2.38. The van der Waals surface area contributed by atoms with E-state index < -0.39 is 11.9 Å². The van der Waals surface area contributed by atoms with Crippen molar-refractivity contribution in [2.45, 2.75) is 19.3 Å². The molecule has 1 aromatic heterocycles. The summed E-state index contributed by atoms with van der Waals surface area (Å²) in [6, 6.07) is 0. The monoisotopic (exact) mass is 269 g/mol. The maximum atomic E-state index is 12.5. The van der Waals surface area contributed by atoms with E-state index in [1.54, 1.807) is 4.57 Å². The minimum atomic E-state index is -4.37. The number of rotatable bonds is 0. The number of hydrogen-bond acceptors (Lipinski definition) is 2. The summed E-state index contributed by atoms with van der Waals surface area (Å²) < 4.78 is 39.2. The van der Waals surface area contributed by atoms with Gasteiger partial charge in [0.25, 0.3) is 0 Å². The van der Waals surface area contributed by atoms with E-state index in [-0.39, 0.29) is 17.0 Å². The van der Waals surface area contributed by atoms with E-state index in [2.05, 4.69) is 26.2 Å². The Morgan fingerprint density at radius 1 is 1.43 bits per heavy atom. The first kappa shape index (κ1) is 9.97. The molecule has 0 amide bonds. The Balaban J connectivity index is 2.52. The normalized spacial score (nSPS) is 16.9. The Morgan fingerprint density at radius 3 is 2.79 bits per heavy atom. The molecule has 0 aliphatic carbocycles. The van der Waals surface area contributed by atoms with Gasteiger partial charge < -0.3 is 9.88 Å². The number of halogens is 4. The number of fused-ring (bicyclic) bond motifs is 1. The average molecular weight is 270 g/mol. The van der Waals surface area contributed by atoms with Crippen LogP contribution in [0, 0.1) is 0 Å². The summed E-state index contributed by atoms with van der Waals surface area (Å²) in [7, 11) is 0. The molecule has 0 saturated heterocycles. The third kappa shape index (κ3) is 1.54. The summed E-state index contributed by atoms with van der Waals surface area (Å²) in [4.78, 5) is 3.48. The predicted molar refractivity (Wildman–Crippen MR) is 46.6 cm³/mol. The van der Waals surface area contributed by atoms with Crippen LogP contribution in [0.5, 0.6) is 0 Å². The molecule has 1 aliphatic heterocycles. The minimum absolute atomic E-state index is 0.204. The Labute approximate surface area is 86.4 Å². The first-order valence-corrected chi connectivity index (χ1v) is 4.82. The molecule has 0 radical (unpaired) electrons. The maximum Gasteiger partial charge on any atom is 0.435 e. The minimum Gasteiger partial charge on any atom is -0.320 e. The van der Waals surface area contributed by atoms with Gasteiger partial charge in [0.15, 0.2) is 10.4 Å². The summed E-state index contributed by atoms with van der Waals surface area (Å²) in [5.41, 5.74) is -0.591. The SMILES string of the molecule is FC(F)(F)c1nc(Br)n2c1CNCC2. The standard InChI is InChI=1S/C7H7BrF3N3/c8-6-13-5(7(9,10)11)4-3-12-1-2-14(4)6/h12H,1-3H2. The van der Waals surface area contributed by atoms with Gasteiger partial charge in [0, 0.05) is 19.6 Å². The van der Waals surface area contributed by atoms with Gasteiger partial charge in [-0.2, -0.15) is 13.2 Å². The molecule has 0 aromatic carbocycles. The molecule has 0 spiro atoms. The molecular formula is C7H7BrF3N3. The number of nitrogens with one attached hydrogen (secondary N) is 1. The highest BCUT2D eigenvalue weighted by molar-refractivity contribution is 9.10. The molecule has 2 rings (SSSR count). The topological polar surface area (TPSA) is 29.9 Å². The Morgan fingerprint density at radius 2 is 2.14 bits per heavy atom. The van der Waals surface area contributed by atoms with Gasteiger partial charge in [0.2, 0.25) is 0 Å². The van der Waals surface area contributed by atoms with Gasteiger partial charge in [-0.25, -0.2) is 4.98 Å². The molecule has 2 heterocycles. The van der Waals surface area contributed by atoms with Crippen molar-refractivity contribution >= 4 is 15.9 Å². The van der Waals surface area contributed by atoms with E-state index in [1.165, 1.54) is 0 Å². The van der Waals surface area contributed by atoms with Crippen molar-refractivity contribution < 1.29 is 13.2 Å². The number of nitrogens with zero attached hydrogens (tertiary/aromatic N) is 2. The molecule has 1 aliphatic rings. The summed E-state index contributed by atoms with van der Waals surface area (Å²) in [5.74, 6) is 0. The molecule has 0 atom stereocenters. The Bertz CT molecular complexity index is 358. The molecule has 7 heteroatoms. The zero-order valence-corrected chi connectivity index (χ0v) is 8.61. The molecule has 1 N–H and O–H groups in total. The first-order chi connectivity index (χ1) is 6.50. The van der Waals surface area contributed by atoms with Gasteiger partial charge in [0.05, 0.1) is 5.69 Å². The van der Waals surface area contributed by atoms with Crippen molar-refractivity contribution in [1.82, 2.24) is 14.9 Å². The maximum absolute atomic E-state index is 12.5. The van der Waals surface area contributed by atoms with E-state index in [9.17, 15) is 13.2 Å². The quantitative estimate of drug-likeness (QED) is 0.778. The van der Waals surface area contributed by atoms with Crippen LogP contribution in [-0.4, -0.2) is 16.1 Å². The number of aromatic nitrogens is 2. The molecule has 1 aromatic rings. The van der Waals surface area contributed by atoms with Gasteiger partial charge in [-0.15, -0.1) is 0 Å². The lowest BCUT2D eigenvalue weighted by atomic mass is 10.2. The molecule has 0 bridgehead atoms. The average Bonchev–Trinajstić information content (AvgIpc) is 2.44. The van der Waals surface area contributed by atoms with Gasteiger partial charge in [-0.1, -0.05) is 0 Å². The van der Waals surface area contributed by atoms with Crippen molar-refractivity contribution in [2.75, 3.05) is 6.54 Å². The van der Waals surface area contributed by atoms with Crippen LogP contribution in [0.1, 0.15) is 11.4 Å². The van der Waals surface area contributed by atoms with E-state index in [4.69, 9.17) is 0 Å². The van der Waals surface area contributed by atoms with Crippen molar-refractivity contribution in [3.63, 3.8) is 0 Å². The van der Waals surface area contributed by atoms with Crippen LogP contribution in [0.25, 0.3) is 0 Å². The van der Waals surface area contributed by atoms with Crippen LogP contribution in [0.3, 0.4) is 0 Å². The molecule has 0 unspecified atom stereocenters. The second-order valence-electron chi connectivity index (χ2n) is 3.00. The van der Waals surface area contributed by atoms with Crippen molar-refractivity contribution in [3.05, 3.63) is 16.1 Å². The molecule has 14 heavy (non-hydrogen) atoms. The summed E-state index contributed by atoms with van der Waals surface area (Å²) in [6.45, 7) is 1.39. The van der Waals surface area contributed by atoms with Crippen LogP contribution in [0.15, 0.2) is 4.73 Å². The second-order valence-corrected chi connectivity index (χ2v) is 3.71. The zero-order valence-electron chi connectivity index (χ0n) is 7.03.